The second-order valence-electron chi connectivity index (χ2n) is 6.86. The number of hydrogen-bond acceptors (Lipinski definition) is 5. The van der Waals surface area contributed by atoms with Gasteiger partial charge >= 0.3 is 0 Å². The van der Waals surface area contributed by atoms with Gasteiger partial charge in [0.1, 0.15) is 28.8 Å². The van der Waals surface area contributed by atoms with E-state index in [1.165, 1.54) is 4.57 Å². The maximum absolute atomic E-state index is 14.9. The molecule has 0 spiro atoms. The van der Waals surface area contributed by atoms with Crippen LogP contribution in [-0.2, 0) is 0 Å². The monoisotopic (exact) mass is 386 g/mol. The molecule has 28 heavy (non-hydrogen) atoms. The standard InChI is InChI=1S/C19H13F3N4O2/c1-7-24-16-17(28-7)10-5-13(22)15(9-4-12(21)14(23)6-11(9)20)25-18(10)26(19(16)27)8-2-3-8/h4-6,8H,2-3,23H2,1H3. The van der Waals surface area contributed by atoms with Crippen molar-refractivity contribution in [1.29, 1.82) is 0 Å². The summed E-state index contributed by atoms with van der Waals surface area (Å²) in [7, 11) is 0. The second-order valence-corrected chi connectivity index (χ2v) is 6.86. The van der Waals surface area contributed by atoms with Gasteiger partial charge in [0.05, 0.1) is 11.1 Å². The Kier molecular flexibility index (Phi) is 3.34. The number of benzene rings is 1. The molecule has 2 N–H and O–H groups in total. The van der Waals surface area contributed by atoms with E-state index in [-0.39, 0.29) is 39.6 Å². The molecule has 1 saturated carbocycles. The highest BCUT2D eigenvalue weighted by atomic mass is 19.1. The second kappa shape index (κ2) is 5.57. The predicted molar refractivity (Wildman–Crippen MR) is 96.3 cm³/mol. The minimum atomic E-state index is -0.915. The number of anilines is 1. The van der Waals surface area contributed by atoms with Crippen molar-refractivity contribution in [2.75, 3.05) is 5.73 Å². The smallest absolute Gasteiger partial charge is 0.282 e. The average molecular weight is 386 g/mol. The Morgan fingerprint density at radius 3 is 2.57 bits per heavy atom. The number of rotatable bonds is 2. The number of nitrogen functional groups attached to an aromatic ring is 1. The topological polar surface area (TPSA) is 86.9 Å². The van der Waals surface area contributed by atoms with Crippen LogP contribution in [0.3, 0.4) is 0 Å². The zero-order valence-electron chi connectivity index (χ0n) is 14.6. The number of hydrogen-bond donors (Lipinski definition) is 1. The molecule has 0 atom stereocenters. The minimum Gasteiger partial charge on any atom is -0.440 e. The first-order chi connectivity index (χ1) is 13.3. The van der Waals surface area contributed by atoms with Gasteiger partial charge in [-0.25, -0.2) is 23.1 Å². The molecule has 6 nitrogen and oxygen atoms in total. The summed E-state index contributed by atoms with van der Waals surface area (Å²) in [5, 5.41) is 0.250. The van der Waals surface area contributed by atoms with Crippen LogP contribution in [0.25, 0.3) is 33.4 Å². The Morgan fingerprint density at radius 1 is 1.11 bits per heavy atom. The van der Waals surface area contributed by atoms with Gasteiger partial charge in [-0.2, -0.15) is 0 Å². The highest BCUT2D eigenvalue weighted by Gasteiger charge is 2.30. The third-order valence-corrected chi connectivity index (χ3v) is 4.84. The Labute approximate surface area is 155 Å². The molecule has 1 aliphatic rings. The summed E-state index contributed by atoms with van der Waals surface area (Å²) < 4.78 is 50.0. The molecule has 0 saturated heterocycles. The molecular weight excluding hydrogens is 373 g/mol. The number of pyridine rings is 2. The Hall–Kier alpha value is -3.36. The third-order valence-electron chi connectivity index (χ3n) is 4.84. The normalized spacial score (nSPS) is 14.3. The molecule has 0 unspecified atom stereocenters. The molecule has 4 aromatic rings. The number of halogens is 3. The van der Waals surface area contributed by atoms with Gasteiger partial charge in [-0.1, -0.05) is 0 Å². The fourth-order valence-corrected chi connectivity index (χ4v) is 3.40. The van der Waals surface area contributed by atoms with Crippen molar-refractivity contribution in [2.24, 2.45) is 0 Å². The first-order valence-electron chi connectivity index (χ1n) is 8.62. The van der Waals surface area contributed by atoms with E-state index in [1.54, 1.807) is 6.92 Å². The van der Waals surface area contributed by atoms with Crippen molar-refractivity contribution in [3.63, 3.8) is 0 Å². The number of nitrogens with two attached hydrogens (primary N) is 1. The highest BCUT2D eigenvalue weighted by molar-refractivity contribution is 6.00. The van der Waals surface area contributed by atoms with E-state index in [0.29, 0.717) is 0 Å². The molecule has 9 heteroatoms. The molecule has 0 amide bonds. The van der Waals surface area contributed by atoms with Crippen LogP contribution in [0.2, 0.25) is 0 Å². The molecule has 0 radical (unpaired) electrons. The summed E-state index contributed by atoms with van der Waals surface area (Å²) in [6.45, 7) is 1.58. The van der Waals surface area contributed by atoms with Gasteiger partial charge in [0.15, 0.2) is 17.0 Å². The van der Waals surface area contributed by atoms with Crippen LogP contribution in [0.15, 0.2) is 27.4 Å². The molecule has 142 valence electrons. The average Bonchev–Trinajstić information content (AvgIpc) is 3.39. The first kappa shape index (κ1) is 16.8. The van der Waals surface area contributed by atoms with Crippen molar-refractivity contribution in [3.05, 3.63) is 51.9 Å². The van der Waals surface area contributed by atoms with Crippen LogP contribution >= 0.6 is 0 Å². The molecule has 3 heterocycles. The van der Waals surface area contributed by atoms with Crippen molar-refractivity contribution in [1.82, 2.24) is 14.5 Å². The fraction of sp³-hybridized carbons (Fsp3) is 0.211. The van der Waals surface area contributed by atoms with Crippen molar-refractivity contribution >= 4 is 27.8 Å². The maximum Gasteiger partial charge on any atom is 0.282 e. The third kappa shape index (κ3) is 2.32. The Bertz CT molecular complexity index is 1360. The summed E-state index contributed by atoms with van der Waals surface area (Å²) in [6, 6.07) is 2.57. The number of aromatic nitrogens is 3. The van der Waals surface area contributed by atoms with Crippen LogP contribution in [0.4, 0.5) is 18.9 Å². The van der Waals surface area contributed by atoms with Crippen LogP contribution in [-0.4, -0.2) is 14.5 Å². The lowest BCUT2D eigenvalue weighted by atomic mass is 10.1. The van der Waals surface area contributed by atoms with E-state index in [0.717, 1.165) is 31.0 Å². The van der Waals surface area contributed by atoms with Crippen molar-refractivity contribution < 1.29 is 17.6 Å². The van der Waals surface area contributed by atoms with Gasteiger partial charge in [0, 0.05) is 24.6 Å². The summed E-state index contributed by atoms with van der Waals surface area (Å²) in [6.07, 6.45) is 1.52. The van der Waals surface area contributed by atoms with E-state index >= 15 is 0 Å². The molecule has 1 aromatic carbocycles. The number of oxazole rings is 1. The largest absolute Gasteiger partial charge is 0.440 e. The van der Waals surface area contributed by atoms with E-state index in [9.17, 15) is 18.0 Å². The molecule has 1 fully saturated rings. The lowest BCUT2D eigenvalue weighted by Crippen LogP contribution is -2.21. The molecule has 3 aromatic heterocycles. The zero-order valence-corrected chi connectivity index (χ0v) is 14.6. The zero-order chi connectivity index (χ0) is 19.7. The van der Waals surface area contributed by atoms with Gasteiger partial charge < -0.3 is 10.2 Å². The highest BCUT2D eigenvalue weighted by Crippen LogP contribution is 2.38. The van der Waals surface area contributed by atoms with Crippen LogP contribution in [0.5, 0.6) is 0 Å². The summed E-state index contributed by atoms with van der Waals surface area (Å²) in [5.74, 6) is -2.43. The van der Waals surface area contributed by atoms with E-state index < -0.39 is 34.4 Å². The van der Waals surface area contributed by atoms with Crippen LogP contribution in [0.1, 0.15) is 24.8 Å². The first-order valence-corrected chi connectivity index (χ1v) is 8.62. The molecule has 0 aliphatic heterocycles. The SMILES string of the molecule is Cc1nc2c(=O)n(C3CC3)c3nc(-c4cc(F)c(N)cc4F)c(F)cc3c2o1. The Balaban J connectivity index is 1.91. The summed E-state index contributed by atoms with van der Waals surface area (Å²) in [4.78, 5) is 21.2. The molecule has 0 bridgehead atoms. The fourth-order valence-electron chi connectivity index (χ4n) is 3.40. The maximum atomic E-state index is 14.9. The van der Waals surface area contributed by atoms with Crippen molar-refractivity contribution in [2.45, 2.75) is 25.8 Å². The van der Waals surface area contributed by atoms with Crippen LogP contribution in [0, 0.1) is 24.4 Å². The van der Waals surface area contributed by atoms with E-state index in [4.69, 9.17) is 10.2 Å². The number of fused-ring (bicyclic) bond motifs is 3. The quantitative estimate of drug-likeness (QED) is 0.529. The molecule has 5 rings (SSSR count). The minimum absolute atomic E-state index is 0.0931. The predicted octanol–water partition coefficient (Wildman–Crippen LogP) is 3.85. The van der Waals surface area contributed by atoms with Crippen LogP contribution < -0.4 is 11.3 Å². The molecular formula is C19H13F3N4O2. The van der Waals surface area contributed by atoms with E-state index in [1.807, 2.05) is 0 Å². The lowest BCUT2D eigenvalue weighted by Gasteiger charge is -2.12. The number of nitrogens with zero attached hydrogens (tertiary/aromatic N) is 3. The van der Waals surface area contributed by atoms with Gasteiger partial charge in [-0.3, -0.25) is 9.36 Å². The molecule has 1 aliphatic carbocycles. The van der Waals surface area contributed by atoms with Gasteiger partial charge in [-0.05, 0) is 25.0 Å². The number of aryl methyl sites for hydroxylation is 1. The summed E-state index contributed by atoms with van der Waals surface area (Å²) >= 11 is 0. The van der Waals surface area contributed by atoms with Gasteiger partial charge in [0.2, 0.25) is 0 Å². The van der Waals surface area contributed by atoms with Gasteiger partial charge in [0.25, 0.3) is 5.56 Å². The lowest BCUT2D eigenvalue weighted by molar-refractivity contribution is 0.562. The van der Waals surface area contributed by atoms with Crippen molar-refractivity contribution in [3.8, 4) is 11.3 Å². The van der Waals surface area contributed by atoms with Gasteiger partial charge in [-0.15, -0.1) is 0 Å². The summed E-state index contributed by atoms with van der Waals surface area (Å²) in [5.41, 5.74) is 4.13. The Morgan fingerprint density at radius 2 is 1.86 bits per heavy atom. The van der Waals surface area contributed by atoms with E-state index in [2.05, 4.69) is 9.97 Å².